The normalized spacial score (nSPS) is 16.2. The largest absolute Gasteiger partial charge is 0.508 e. The average molecular weight is 425 g/mol. The summed E-state index contributed by atoms with van der Waals surface area (Å²) in [6, 6.07) is 11.0. The van der Waals surface area contributed by atoms with Crippen molar-refractivity contribution in [3.05, 3.63) is 59.7 Å². The maximum atomic E-state index is 12.6. The Morgan fingerprint density at radius 3 is 2.39 bits per heavy atom. The quantitative estimate of drug-likeness (QED) is 0.491. The molecule has 4 N–H and O–H groups in total. The Labute approximate surface area is 178 Å². The van der Waals surface area contributed by atoms with Crippen LogP contribution in [0.4, 0.5) is 5.69 Å². The fourth-order valence-corrected chi connectivity index (χ4v) is 3.19. The van der Waals surface area contributed by atoms with Crippen LogP contribution in [-0.4, -0.2) is 48.0 Å². The second kappa shape index (κ2) is 9.75. The molecule has 1 fully saturated rings. The Balaban J connectivity index is 1.62. The molecule has 0 radical (unpaired) electrons. The summed E-state index contributed by atoms with van der Waals surface area (Å²) >= 11 is 0. The second-order valence-corrected chi connectivity index (χ2v) is 7.15. The summed E-state index contributed by atoms with van der Waals surface area (Å²) in [6.45, 7) is 0. The van der Waals surface area contributed by atoms with Gasteiger partial charge in [0.25, 0.3) is 5.91 Å². The molecule has 0 aromatic heterocycles. The van der Waals surface area contributed by atoms with Gasteiger partial charge in [0.1, 0.15) is 17.8 Å². The van der Waals surface area contributed by atoms with Crippen molar-refractivity contribution in [2.45, 2.75) is 31.3 Å². The van der Waals surface area contributed by atoms with Gasteiger partial charge in [0.05, 0.1) is 7.11 Å². The number of methoxy groups -OCH3 is 1. The predicted octanol–water partition coefficient (Wildman–Crippen LogP) is 1.12. The molecule has 0 unspecified atom stereocenters. The molecule has 3 amide bonds. The molecule has 1 aliphatic heterocycles. The number of nitrogens with one attached hydrogen (secondary N) is 3. The number of phenols is 1. The van der Waals surface area contributed by atoms with Gasteiger partial charge in [-0.1, -0.05) is 12.1 Å². The molecule has 162 valence electrons. The zero-order valence-electron chi connectivity index (χ0n) is 16.9. The summed E-state index contributed by atoms with van der Waals surface area (Å²) in [5.74, 6) is -1.44. The number of phenolic OH excluding ortho intramolecular Hbond substituents is 1. The van der Waals surface area contributed by atoms with Gasteiger partial charge < -0.3 is 25.8 Å². The fourth-order valence-electron chi connectivity index (χ4n) is 3.19. The standard InChI is InChI=1S/C22H23N3O6/c1-31-22(30)18(12-13-2-8-16(26)9-3-13)25-20(28)14-4-6-15(7-5-14)23-21(29)17-10-11-19(27)24-17/h2-9,17-18,26H,10-12H2,1H3,(H,23,29)(H,24,27)(H,25,28)/t17-,18-/m0/s1. The molecule has 2 aromatic carbocycles. The highest BCUT2D eigenvalue weighted by molar-refractivity contribution is 6.00. The Bertz CT molecular complexity index is 972. The topological polar surface area (TPSA) is 134 Å². The molecule has 0 saturated carbocycles. The Hall–Kier alpha value is -3.88. The monoisotopic (exact) mass is 425 g/mol. The lowest BCUT2D eigenvalue weighted by atomic mass is 10.0. The first-order chi connectivity index (χ1) is 14.9. The maximum Gasteiger partial charge on any atom is 0.328 e. The van der Waals surface area contributed by atoms with Crippen LogP contribution in [0, 0.1) is 0 Å². The molecule has 3 rings (SSSR count). The third-order valence-corrected chi connectivity index (χ3v) is 4.89. The van der Waals surface area contributed by atoms with E-state index in [9.17, 15) is 24.3 Å². The van der Waals surface area contributed by atoms with E-state index < -0.39 is 24.0 Å². The molecule has 0 aliphatic carbocycles. The summed E-state index contributed by atoms with van der Waals surface area (Å²) in [4.78, 5) is 48.1. The second-order valence-electron chi connectivity index (χ2n) is 7.15. The van der Waals surface area contributed by atoms with Crippen molar-refractivity contribution in [3.8, 4) is 5.75 Å². The van der Waals surface area contributed by atoms with Crippen molar-refractivity contribution in [1.29, 1.82) is 0 Å². The summed E-state index contributed by atoms with van der Waals surface area (Å²) < 4.78 is 4.78. The third-order valence-electron chi connectivity index (χ3n) is 4.89. The fraction of sp³-hybridized carbons (Fsp3) is 0.273. The first kappa shape index (κ1) is 21.8. The van der Waals surface area contributed by atoms with Crippen molar-refractivity contribution in [3.63, 3.8) is 0 Å². The number of rotatable bonds is 7. The number of hydrogen-bond acceptors (Lipinski definition) is 6. The van der Waals surface area contributed by atoms with Gasteiger partial charge in [0.15, 0.2) is 0 Å². The Morgan fingerprint density at radius 1 is 1.13 bits per heavy atom. The average Bonchev–Trinajstić information content (AvgIpc) is 3.21. The zero-order chi connectivity index (χ0) is 22.4. The number of ether oxygens (including phenoxy) is 1. The molecule has 1 saturated heterocycles. The number of anilines is 1. The van der Waals surface area contributed by atoms with E-state index in [1.165, 1.54) is 31.4 Å². The number of amides is 3. The number of hydrogen-bond donors (Lipinski definition) is 4. The molecule has 9 nitrogen and oxygen atoms in total. The molecule has 0 spiro atoms. The van der Waals surface area contributed by atoms with Crippen molar-refractivity contribution in [2.24, 2.45) is 0 Å². The van der Waals surface area contributed by atoms with Crippen molar-refractivity contribution in [1.82, 2.24) is 10.6 Å². The highest BCUT2D eigenvalue weighted by atomic mass is 16.5. The first-order valence-corrected chi connectivity index (χ1v) is 9.72. The van der Waals surface area contributed by atoms with Gasteiger partial charge in [-0.2, -0.15) is 0 Å². The lowest BCUT2D eigenvalue weighted by Crippen LogP contribution is -2.43. The van der Waals surface area contributed by atoms with Crippen LogP contribution >= 0.6 is 0 Å². The minimum atomic E-state index is -0.910. The van der Waals surface area contributed by atoms with Crippen LogP contribution in [0.5, 0.6) is 5.75 Å². The maximum absolute atomic E-state index is 12.6. The minimum absolute atomic E-state index is 0.102. The van der Waals surface area contributed by atoms with Crippen LogP contribution in [0.1, 0.15) is 28.8 Å². The molecule has 0 bridgehead atoms. The highest BCUT2D eigenvalue weighted by Crippen LogP contribution is 2.15. The molecular weight excluding hydrogens is 402 g/mol. The predicted molar refractivity (Wildman–Crippen MR) is 111 cm³/mol. The molecule has 1 heterocycles. The zero-order valence-corrected chi connectivity index (χ0v) is 16.9. The number of carbonyl (C=O) groups is 4. The van der Waals surface area contributed by atoms with E-state index in [2.05, 4.69) is 16.0 Å². The van der Waals surface area contributed by atoms with Crippen molar-refractivity contribution >= 4 is 29.4 Å². The summed E-state index contributed by atoms with van der Waals surface area (Å²) in [5.41, 5.74) is 1.52. The van der Waals surface area contributed by atoms with Crippen molar-refractivity contribution < 1.29 is 29.0 Å². The molecule has 2 atom stereocenters. The van der Waals surface area contributed by atoms with Crippen LogP contribution in [-0.2, 0) is 25.5 Å². The van der Waals surface area contributed by atoms with Gasteiger partial charge in [-0.15, -0.1) is 0 Å². The Kier molecular flexibility index (Phi) is 6.86. The third kappa shape index (κ3) is 5.81. The number of carbonyl (C=O) groups excluding carboxylic acids is 4. The molecule has 31 heavy (non-hydrogen) atoms. The summed E-state index contributed by atoms with van der Waals surface area (Å²) in [6.07, 6.45) is 0.962. The van der Waals surface area contributed by atoms with Gasteiger partial charge in [0, 0.05) is 24.1 Å². The van der Waals surface area contributed by atoms with Crippen LogP contribution in [0.25, 0.3) is 0 Å². The Morgan fingerprint density at radius 2 is 1.81 bits per heavy atom. The summed E-state index contributed by atoms with van der Waals surface area (Å²) in [7, 11) is 1.24. The molecule has 1 aliphatic rings. The van der Waals surface area contributed by atoms with E-state index in [4.69, 9.17) is 4.74 Å². The molecular formula is C22H23N3O6. The lowest BCUT2D eigenvalue weighted by Gasteiger charge is -2.17. The molecule has 2 aromatic rings. The van der Waals surface area contributed by atoms with Crippen LogP contribution in [0.3, 0.4) is 0 Å². The van der Waals surface area contributed by atoms with Crippen LogP contribution in [0.2, 0.25) is 0 Å². The van der Waals surface area contributed by atoms with Crippen LogP contribution < -0.4 is 16.0 Å². The number of aromatic hydroxyl groups is 1. The highest BCUT2D eigenvalue weighted by Gasteiger charge is 2.27. The van der Waals surface area contributed by atoms with Crippen LogP contribution in [0.15, 0.2) is 48.5 Å². The van der Waals surface area contributed by atoms with E-state index in [0.717, 1.165) is 5.56 Å². The van der Waals surface area contributed by atoms with Crippen molar-refractivity contribution in [2.75, 3.05) is 12.4 Å². The van der Waals surface area contributed by atoms with Gasteiger partial charge in [-0.05, 0) is 48.4 Å². The first-order valence-electron chi connectivity index (χ1n) is 9.72. The van der Waals surface area contributed by atoms with E-state index >= 15 is 0 Å². The van der Waals surface area contributed by atoms with E-state index in [0.29, 0.717) is 24.1 Å². The van der Waals surface area contributed by atoms with E-state index in [1.54, 1.807) is 24.3 Å². The van der Waals surface area contributed by atoms with Gasteiger partial charge >= 0.3 is 5.97 Å². The number of benzene rings is 2. The summed E-state index contributed by atoms with van der Waals surface area (Å²) in [5, 5.41) is 17.3. The van der Waals surface area contributed by atoms with Gasteiger partial charge in [-0.3, -0.25) is 14.4 Å². The van der Waals surface area contributed by atoms with E-state index in [-0.39, 0.29) is 24.0 Å². The smallest absolute Gasteiger partial charge is 0.328 e. The molecule has 9 heteroatoms. The lowest BCUT2D eigenvalue weighted by molar-refractivity contribution is -0.142. The van der Waals surface area contributed by atoms with E-state index in [1.807, 2.05) is 0 Å². The number of esters is 1. The minimum Gasteiger partial charge on any atom is -0.508 e. The SMILES string of the molecule is COC(=O)[C@H](Cc1ccc(O)cc1)NC(=O)c1ccc(NC(=O)[C@@H]2CCC(=O)N2)cc1. The van der Waals surface area contributed by atoms with Gasteiger partial charge in [-0.25, -0.2) is 4.79 Å². The van der Waals surface area contributed by atoms with Gasteiger partial charge in [0.2, 0.25) is 11.8 Å².